The first-order valence-corrected chi connectivity index (χ1v) is 16.6. The van der Waals surface area contributed by atoms with E-state index in [-0.39, 0.29) is 11.9 Å². The van der Waals surface area contributed by atoms with Crippen molar-refractivity contribution in [2.45, 2.75) is 51.4 Å². The van der Waals surface area contributed by atoms with E-state index in [1.54, 1.807) is 20.4 Å². The van der Waals surface area contributed by atoms with Gasteiger partial charge in [-0.05, 0) is 49.6 Å². The van der Waals surface area contributed by atoms with Crippen molar-refractivity contribution in [3.05, 3.63) is 81.5 Å². The first kappa shape index (κ1) is 33.2. The highest BCUT2D eigenvalue weighted by Gasteiger charge is 2.24. The first-order chi connectivity index (χ1) is 22.7. The van der Waals surface area contributed by atoms with Gasteiger partial charge in [-0.15, -0.1) is 0 Å². The Labute approximate surface area is 285 Å². The maximum Gasteiger partial charge on any atom is 0.220 e. The molecule has 2 aliphatic heterocycles. The second kappa shape index (κ2) is 14.6. The number of amides is 1. The summed E-state index contributed by atoms with van der Waals surface area (Å²) < 4.78 is 11.5. The van der Waals surface area contributed by atoms with E-state index in [4.69, 9.17) is 37.7 Å². The number of benzene rings is 2. The van der Waals surface area contributed by atoms with Crippen LogP contribution in [0.4, 0.5) is 0 Å². The predicted octanol–water partition coefficient (Wildman–Crippen LogP) is 5.91. The fourth-order valence-electron chi connectivity index (χ4n) is 6.47. The molecule has 0 spiro atoms. The molecule has 0 unspecified atom stereocenters. The Balaban J connectivity index is 1.27. The highest BCUT2D eigenvalue weighted by Crippen LogP contribution is 2.43. The van der Waals surface area contributed by atoms with Gasteiger partial charge in [-0.2, -0.15) is 0 Å². The van der Waals surface area contributed by atoms with Crippen LogP contribution in [0, 0.1) is 0 Å². The van der Waals surface area contributed by atoms with E-state index in [1.165, 1.54) is 5.56 Å². The minimum atomic E-state index is -0.392. The van der Waals surface area contributed by atoms with Crippen molar-refractivity contribution in [3.8, 4) is 45.3 Å². The Bertz CT molecular complexity index is 1770. The molecular weight excluding hydrogens is 637 g/mol. The molecule has 0 radical (unpaired) electrons. The molecule has 4 heterocycles. The van der Waals surface area contributed by atoms with E-state index in [0.29, 0.717) is 59.9 Å². The number of rotatable bonds is 11. The van der Waals surface area contributed by atoms with Gasteiger partial charge in [0.1, 0.15) is 5.75 Å². The number of hydrogen-bond donors (Lipinski definition) is 3. The number of fused-ring (bicyclic) bond motifs is 1. The smallest absolute Gasteiger partial charge is 0.220 e. The number of pyridine rings is 2. The molecule has 0 bridgehead atoms. The van der Waals surface area contributed by atoms with E-state index in [1.807, 2.05) is 49.4 Å². The average molecular weight is 677 g/mol. The number of hydrogen-bond acceptors (Lipinski definition) is 8. The van der Waals surface area contributed by atoms with Crippen LogP contribution in [0.25, 0.3) is 33.6 Å². The van der Waals surface area contributed by atoms with Gasteiger partial charge in [0, 0.05) is 84.8 Å². The Morgan fingerprint density at radius 2 is 1.87 bits per heavy atom. The summed E-state index contributed by atoms with van der Waals surface area (Å²) in [4.78, 5) is 23.2. The third-order valence-corrected chi connectivity index (χ3v) is 9.56. The molecule has 9 nitrogen and oxygen atoms in total. The van der Waals surface area contributed by atoms with Gasteiger partial charge in [0.2, 0.25) is 11.8 Å². The lowest BCUT2D eigenvalue weighted by Gasteiger charge is -2.31. The van der Waals surface area contributed by atoms with Crippen LogP contribution >= 0.6 is 23.2 Å². The van der Waals surface area contributed by atoms with Gasteiger partial charge in [-0.25, -0.2) is 4.98 Å². The third-order valence-electron chi connectivity index (χ3n) is 8.77. The zero-order valence-electron chi connectivity index (χ0n) is 26.8. The molecule has 47 heavy (non-hydrogen) atoms. The second-order valence-corrected chi connectivity index (χ2v) is 12.9. The fraction of sp³-hybridized carbons (Fsp3) is 0.361. The standard InChI is InChI=1S/C36H39Cl2N5O4/c1-21(44)19-43-14-12-22-15-24(16-31(46-2)29(22)20-43)35-34(38)27(11-13-40-35)26-5-4-6-28(33(26)37)30-9-7-23(36(42-30)47-3)17-39-18-25-8-10-32(45)41-25/h4-7,9,11,13,15-16,21,25,39,44H,8,10,12,14,17-20H2,1-3H3,(H,41,45)/t21-,25-/m1/s1. The van der Waals surface area contributed by atoms with E-state index < -0.39 is 6.10 Å². The Morgan fingerprint density at radius 3 is 2.62 bits per heavy atom. The number of carbonyl (C=O) groups is 1. The molecule has 6 rings (SSSR count). The van der Waals surface area contributed by atoms with Gasteiger partial charge < -0.3 is 25.2 Å². The lowest BCUT2D eigenvalue weighted by Crippen LogP contribution is -2.35. The molecule has 2 atom stereocenters. The highest BCUT2D eigenvalue weighted by molar-refractivity contribution is 6.39. The molecule has 2 aromatic carbocycles. The van der Waals surface area contributed by atoms with Crippen LogP contribution in [0.2, 0.25) is 10.0 Å². The molecule has 4 aromatic rings. The molecule has 3 N–H and O–H groups in total. The van der Waals surface area contributed by atoms with Crippen molar-refractivity contribution in [2.24, 2.45) is 0 Å². The number of aliphatic hydroxyl groups is 1. The van der Waals surface area contributed by atoms with E-state index in [0.717, 1.165) is 58.5 Å². The summed E-state index contributed by atoms with van der Waals surface area (Å²) in [6, 6.07) is 15.9. The number of methoxy groups -OCH3 is 2. The Kier molecular flexibility index (Phi) is 10.3. The van der Waals surface area contributed by atoms with Crippen LogP contribution in [0.3, 0.4) is 0 Å². The summed E-state index contributed by atoms with van der Waals surface area (Å²) in [5.74, 6) is 1.39. The van der Waals surface area contributed by atoms with Crippen LogP contribution in [0.1, 0.15) is 36.5 Å². The lowest BCUT2D eigenvalue weighted by molar-refractivity contribution is -0.119. The summed E-state index contributed by atoms with van der Waals surface area (Å²) in [5.41, 5.74) is 7.69. The fourth-order valence-corrected chi connectivity index (χ4v) is 7.12. The topological polar surface area (TPSA) is 109 Å². The molecule has 0 saturated carbocycles. The lowest BCUT2D eigenvalue weighted by atomic mass is 9.93. The number of nitrogens with zero attached hydrogens (tertiary/aromatic N) is 3. The zero-order chi connectivity index (χ0) is 33.1. The summed E-state index contributed by atoms with van der Waals surface area (Å²) in [7, 11) is 3.28. The quantitative estimate of drug-likeness (QED) is 0.180. The summed E-state index contributed by atoms with van der Waals surface area (Å²) in [6.45, 7) is 5.22. The summed E-state index contributed by atoms with van der Waals surface area (Å²) >= 11 is 14.2. The number of carbonyl (C=O) groups excluding carboxylic acids is 1. The monoisotopic (exact) mass is 675 g/mol. The third kappa shape index (κ3) is 7.24. The molecule has 1 saturated heterocycles. The molecule has 0 aliphatic carbocycles. The molecule has 2 aromatic heterocycles. The summed E-state index contributed by atoms with van der Waals surface area (Å²) in [6.07, 6.45) is 3.60. The van der Waals surface area contributed by atoms with Crippen LogP contribution in [0.15, 0.2) is 54.7 Å². The largest absolute Gasteiger partial charge is 0.496 e. The molecule has 1 fully saturated rings. The number of β-amino-alcohol motifs (C(OH)–C–C–N with tert-alkyl or cyclic N) is 1. The summed E-state index contributed by atoms with van der Waals surface area (Å²) in [5, 5.41) is 17.3. The molecule has 2 aliphatic rings. The average Bonchev–Trinajstić information content (AvgIpc) is 3.49. The second-order valence-electron chi connectivity index (χ2n) is 12.1. The molecule has 246 valence electrons. The minimum Gasteiger partial charge on any atom is -0.496 e. The van der Waals surface area contributed by atoms with Crippen molar-refractivity contribution >= 4 is 29.1 Å². The van der Waals surface area contributed by atoms with Crippen LogP contribution in [-0.2, 0) is 24.3 Å². The van der Waals surface area contributed by atoms with Crippen molar-refractivity contribution in [1.82, 2.24) is 25.5 Å². The minimum absolute atomic E-state index is 0.101. The SMILES string of the molecule is COc1cc(-c2nccc(-c3cccc(-c4ccc(CNC[C@H]5CCC(=O)N5)c(OC)n4)c3Cl)c2Cl)cc2c1CN(C[C@@H](C)O)CC2. The molecule has 1 amide bonds. The van der Waals surface area contributed by atoms with Crippen LogP contribution < -0.4 is 20.1 Å². The van der Waals surface area contributed by atoms with Crippen molar-refractivity contribution < 1.29 is 19.4 Å². The van der Waals surface area contributed by atoms with Gasteiger partial charge in [0.05, 0.1) is 41.8 Å². The van der Waals surface area contributed by atoms with E-state index >= 15 is 0 Å². The first-order valence-electron chi connectivity index (χ1n) is 15.8. The number of aliphatic hydroxyl groups excluding tert-OH is 1. The van der Waals surface area contributed by atoms with Gasteiger partial charge >= 0.3 is 0 Å². The zero-order valence-corrected chi connectivity index (χ0v) is 28.3. The number of ether oxygens (including phenoxy) is 2. The van der Waals surface area contributed by atoms with Crippen molar-refractivity contribution in [3.63, 3.8) is 0 Å². The normalized spacial score (nSPS) is 16.9. The van der Waals surface area contributed by atoms with Crippen molar-refractivity contribution in [1.29, 1.82) is 0 Å². The molecular formula is C36H39Cl2N5O4. The van der Waals surface area contributed by atoms with Crippen LogP contribution in [-0.4, -0.2) is 71.9 Å². The number of halogens is 2. The highest BCUT2D eigenvalue weighted by atomic mass is 35.5. The van der Waals surface area contributed by atoms with E-state index in [2.05, 4.69) is 26.6 Å². The molecule has 11 heteroatoms. The number of aromatic nitrogens is 2. The van der Waals surface area contributed by atoms with Crippen molar-refractivity contribution in [2.75, 3.05) is 33.9 Å². The van der Waals surface area contributed by atoms with Gasteiger partial charge in [-0.3, -0.25) is 14.7 Å². The number of nitrogens with one attached hydrogen (secondary N) is 2. The van der Waals surface area contributed by atoms with Crippen LogP contribution in [0.5, 0.6) is 11.6 Å². The van der Waals surface area contributed by atoms with Gasteiger partial charge in [-0.1, -0.05) is 47.5 Å². The van der Waals surface area contributed by atoms with Gasteiger partial charge in [0.25, 0.3) is 0 Å². The van der Waals surface area contributed by atoms with E-state index in [9.17, 15) is 9.90 Å². The Hall–Kier alpha value is -3.73. The Morgan fingerprint density at radius 1 is 1.06 bits per heavy atom. The maximum atomic E-state index is 11.5. The van der Waals surface area contributed by atoms with Gasteiger partial charge in [0.15, 0.2) is 0 Å². The predicted molar refractivity (Wildman–Crippen MR) is 185 cm³/mol. The maximum absolute atomic E-state index is 11.5.